The molecule has 0 fully saturated rings. The third-order valence-electron chi connectivity index (χ3n) is 1.32. The van der Waals surface area contributed by atoms with Crippen molar-refractivity contribution < 1.29 is 35.0 Å². The molecule has 0 saturated heterocycles. The van der Waals surface area contributed by atoms with E-state index in [1.165, 1.54) is 0 Å². The summed E-state index contributed by atoms with van der Waals surface area (Å²) >= 11 is 0. The van der Waals surface area contributed by atoms with Crippen molar-refractivity contribution in [3.8, 4) is 0 Å². The fourth-order valence-corrected chi connectivity index (χ4v) is 0.551. The predicted octanol–water partition coefficient (Wildman–Crippen LogP) is -1.92. The maximum atomic E-state index is 8.96. The van der Waals surface area contributed by atoms with Crippen LogP contribution in [-0.2, 0) is 9.47 Å². The molecule has 2 unspecified atom stereocenters. The zero-order valence-electron chi connectivity index (χ0n) is 8.11. The molecule has 0 radical (unpaired) electrons. The van der Waals surface area contributed by atoms with Gasteiger partial charge in [0.1, 0.15) is 25.4 Å². The van der Waals surface area contributed by atoms with Crippen LogP contribution in [0.25, 0.3) is 0 Å². The van der Waals surface area contributed by atoms with Crippen molar-refractivity contribution in [3.63, 3.8) is 0 Å². The molecule has 0 aliphatic rings. The number of ether oxygens (including phenoxy) is 2. The predicted molar refractivity (Wildman–Crippen MR) is 48.8 cm³/mol. The van der Waals surface area contributed by atoms with Crippen LogP contribution in [0.4, 0.5) is 0 Å². The summed E-state index contributed by atoms with van der Waals surface area (Å²) in [7, 11) is 0. The molecular weight excluding hydrogens is 208 g/mol. The third-order valence-corrected chi connectivity index (χ3v) is 1.32. The Kier molecular flexibility index (Phi) is 7.74. The van der Waals surface area contributed by atoms with E-state index in [4.69, 9.17) is 25.5 Å². The van der Waals surface area contributed by atoms with E-state index in [9.17, 15) is 0 Å². The lowest BCUT2D eigenvalue weighted by Gasteiger charge is -2.09. The van der Waals surface area contributed by atoms with Crippen LogP contribution in [0.2, 0.25) is 0 Å². The fraction of sp³-hybridized carbons (Fsp3) is 0.750. The van der Waals surface area contributed by atoms with Crippen molar-refractivity contribution in [2.75, 3.05) is 26.4 Å². The first-order valence-corrected chi connectivity index (χ1v) is 4.31. The molecule has 15 heavy (non-hydrogen) atoms. The second kappa shape index (κ2) is 8.30. The van der Waals surface area contributed by atoms with Crippen molar-refractivity contribution in [3.05, 3.63) is 12.2 Å². The summed E-state index contributed by atoms with van der Waals surface area (Å²) < 4.78 is 9.17. The van der Waals surface area contributed by atoms with Crippen LogP contribution in [-0.4, -0.2) is 64.2 Å². The largest absolute Gasteiger partial charge is 0.491 e. The summed E-state index contributed by atoms with van der Waals surface area (Å²) in [4.78, 5) is 0. The van der Waals surface area contributed by atoms with E-state index in [0.29, 0.717) is 0 Å². The molecule has 0 aliphatic carbocycles. The van der Waals surface area contributed by atoms with Gasteiger partial charge in [0.2, 0.25) is 0 Å². The summed E-state index contributed by atoms with van der Waals surface area (Å²) in [5.41, 5.74) is 0. The molecule has 0 spiro atoms. The third kappa shape index (κ3) is 8.01. The van der Waals surface area contributed by atoms with Gasteiger partial charge in [-0.2, -0.15) is 0 Å². The average Bonchev–Trinajstić information content (AvgIpc) is 2.25. The van der Waals surface area contributed by atoms with Crippen LogP contribution in [0.3, 0.4) is 0 Å². The summed E-state index contributed by atoms with van der Waals surface area (Å²) in [5, 5.41) is 43.4. The molecule has 5 N–H and O–H groups in total. The molecule has 7 heteroatoms. The highest BCUT2D eigenvalue weighted by atomic mass is 16.6. The molecule has 0 rings (SSSR count). The molecule has 0 aromatic rings. The maximum Gasteiger partial charge on any atom is 0.313 e. The van der Waals surface area contributed by atoms with Gasteiger partial charge in [-0.3, -0.25) is 0 Å². The van der Waals surface area contributed by atoms with Gasteiger partial charge in [0, 0.05) is 0 Å². The van der Waals surface area contributed by atoms with E-state index in [0.717, 1.165) is 6.26 Å². The molecule has 2 atom stereocenters. The first kappa shape index (κ1) is 14.0. The van der Waals surface area contributed by atoms with E-state index in [1.54, 1.807) is 0 Å². The molecule has 0 aromatic carbocycles. The van der Waals surface area contributed by atoms with E-state index in [-0.39, 0.29) is 13.2 Å². The smallest absolute Gasteiger partial charge is 0.313 e. The first-order chi connectivity index (χ1) is 7.10. The van der Waals surface area contributed by atoms with Crippen LogP contribution >= 0.6 is 0 Å². The average molecular weight is 224 g/mol. The van der Waals surface area contributed by atoms with Crippen LogP contribution in [0, 0.1) is 0 Å². The lowest BCUT2D eigenvalue weighted by atomic mass is 10.4. The zero-order chi connectivity index (χ0) is 11.7. The van der Waals surface area contributed by atoms with E-state index in [1.807, 2.05) is 0 Å². The molecular formula is C8H16O7. The number of hydrogen-bond donors (Lipinski definition) is 5. The summed E-state index contributed by atoms with van der Waals surface area (Å²) in [6, 6.07) is 0. The number of aliphatic hydroxyl groups excluding tert-OH is 5. The van der Waals surface area contributed by atoms with Crippen LogP contribution in [0.5, 0.6) is 0 Å². The van der Waals surface area contributed by atoms with Crippen LogP contribution in [0.1, 0.15) is 0 Å². The van der Waals surface area contributed by atoms with Gasteiger partial charge in [0.15, 0.2) is 6.26 Å². The Morgan fingerprint density at radius 3 is 2.13 bits per heavy atom. The Morgan fingerprint density at radius 2 is 1.60 bits per heavy atom. The van der Waals surface area contributed by atoms with Crippen molar-refractivity contribution in [2.45, 2.75) is 12.2 Å². The van der Waals surface area contributed by atoms with Gasteiger partial charge in [-0.15, -0.1) is 0 Å². The number of rotatable bonds is 8. The maximum absolute atomic E-state index is 8.96. The standard InChI is InChI=1S/C8H16O7/c9-1-6(11)3-14-5-8(13)15-4-7(12)2-10/h5-7,9-13H,1-4H2. The van der Waals surface area contributed by atoms with E-state index in [2.05, 4.69) is 9.47 Å². The minimum atomic E-state index is -1.08. The normalized spacial score (nSPS) is 15.9. The molecule has 0 amide bonds. The molecule has 7 nitrogen and oxygen atoms in total. The van der Waals surface area contributed by atoms with Gasteiger partial charge in [-0.1, -0.05) is 0 Å². The van der Waals surface area contributed by atoms with Crippen molar-refractivity contribution >= 4 is 0 Å². The second-order valence-electron chi connectivity index (χ2n) is 2.77. The Labute approximate surface area is 86.8 Å². The topological polar surface area (TPSA) is 120 Å². The minimum Gasteiger partial charge on any atom is -0.491 e. The van der Waals surface area contributed by atoms with Gasteiger partial charge >= 0.3 is 5.95 Å². The summed E-state index contributed by atoms with van der Waals surface area (Å²) in [6.07, 6.45) is -1.29. The minimum absolute atomic E-state index is 0.188. The lowest BCUT2D eigenvalue weighted by Crippen LogP contribution is -2.20. The van der Waals surface area contributed by atoms with Gasteiger partial charge in [-0.25, -0.2) is 0 Å². The van der Waals surface area contributed by atoms with Crippen molar-refractivity contribution in [2.24, 2.45) is 0 Å². The Morgan fingerprint density at radius 1 is 1.07 bits per heavy atom. The Bertz CT molecular complexity index is 182. The second-order valence-corrected chi connectivity index (χ2v) is 2.77. The highest BCUT2D eigenvalue weighted by molar-refractivity contribution is 4.73. The molecule has 0 heterocycles. The first-order valence-electron chi connectivity index (χ1n) is 4.31. The highest BCUT2D eigenvalue weighted by Crippen LogP contribution is 1.95. The SMILES string of the molecule is OCC(O)COC=C(O)OCC(O)CO. The van der Waals surface area contributed by atoms with Crippen LogP contribution < -0.4 is 0 Å². The van der Waals surface area contributed by atoms with E-state index >= 15 is 0 Å². The molecule has 0 bridgehead atoms. The summed E-state index contributed by atoms with van der Waals surface area (Å²) in [5.74, 6) is -0.590. The monoisotopic (exact) mass is 224 g/mol. The van der Waals surface area contributed by atoms with Gasteiger partial charge in [-0.05, 0) is 0 Å². The Balaban J connectivity index is 3.60. The molecule has 0 aromatic heterocycles. The number of hydrogen-bond acceptors (Lipinski definition) is 7. The highest BCUT2D eigenvalue weighted by Gasteiger charge is 2.04. The van der Waals surface area contributed by atoms with Gasteiger partial charge in [0.25, 0.3) is 0 Å². The fourth-order valence-electron chi connectivity index (χ4n) is 0.551. The quantitative estimate of drug-likeness (QED) is 0.305. The summed E-state index contributed by atoms with van der Waals surface area (Å²) in [6.45, 7) is -1.38. The molecule has 0 saturated carbocycles. The zero-order valence-corrected chi connectivity index (χ0v) is 8.11. The van der Waals surface area contributed by atoms with Gasteiger partial charge in [0.05, 0.1) is 13.2 Å². The van der Waals surface area contributed by atoms with Crippen LogP contribution in [0.15, 0.2) is 12.2 Å². The van der Waals surface area contributed by atoms with E-state index < -0.39 is 31.4 Å². The Hall–Kier alpha value is -1.02. The number of aliphatic hydroxyl groups is 5. The van der Waals surface area contributed by atoms with Crippen molar-refractivity contribution in [1.82, 2.24) is 0 Å². The molecule has 0 aliphatic heterocycles. The van der Waals surface area contributed by atoms with Crippen molar-refractivity contribution in [1.29, 1.82) is 0 Å². The lowest BCUT2D eigenvalue weighted by molar-refractivity contribution is -0.0123. The molecule has 90 valence electrons. The van der Waals surface area contributed by atoms with Gasteiger partial charge < -0.3 is 35.0 Å².